The van der Waals surface area contributed by atoms with Crippen molar-refractivity contribution in [3.8, 4) is 0 Å². The lowest BCUT2D eigenvalue weighted by molar-refractivity contribution is -0.0530. The molecule has 3 nitrogen and oxygen atoms in total. The molecule has 1 saturated carbocycles. The van der Waals surface area contributed by atoms with Crippen LogP contribution in [0.3, 0.4) is 0 Å². The van der Waals surface area contributed by atoms with Gasteiger partial charge in [0.1, 0.15) is 5.82 Å². The molecule has 19 heavy (non-hydrogen) atoms. The van der Waals surface area contributed by atoms with Crippen LogP contribution in [0.4, 0.5) is 4.39 Å². The Bertz CT molecular complexity index is 403. The zero-order valence-corrected chi connectivity index (χ0v) is 11.8. The molecule has 0 aliphatic heterocycles. The van der Waals surface area contributed by atoms with Gasteiger partial charge in [-0.1, -0.05) is 25.7 Å². The van der Waals surface area contributed by atoms with Gasteiger partial charge in [0.25, 0.3) is 0 Å². The molecule has 0 aromatic carbocycles. The zero-order chi connectivity index (χ0) is 13.7. The number of methoxy groups -OCH3 is 1. The maximum absolute atomic E-state index is 14.0. The normalized spacial score (nSPS) is 20.8. The summed E-state index contributed by atoms with van der Waals surface area (Å²) in [6, 6.07) is 1.63. The van der Waals surface area contributed by atoms with Gasteiger partial charge in [0, 0.05) is 18.9 Å². The van der Waals surface area contributed by atoms with E-state index in [1.165, 1.54) is 19.0 Å². The topological polar surface area (TPSA) is 34.2 Å². The highest BCUT2D eigenvalue weighted by molar-refractivity contribution is 5.21. The van der Waals surface area contributed by atoms with Gasteiger partial charge < -0.3 is 10.1 Å². The van der Waals surface area contributed by atoms with E-state index in [2.05, 4.69) is 10.3 Å². The van der Waals surface area contributed by atoms with Gasteiger partial charge in [0.2, 0.25) is 0 Å². The molecule has 2 rings (SSSR count). The SMILES string of the molecule is CNC(c1ccncc1F)C1(OC)CCCCCC1. The summed E-state index contributed by atoms with van der Waals surface area (Å²) in [6.07, 6.45) is 9.61. The highest BCUT2D eigenvalue weighted by atomic mass is 19.1. The highest BCUT2D eigenvalue weighted by Crippen LogP contribution is 2.40. The Morgan fingerprint density at radius 2 is 2.00 bits per heavy atom. The van der Waals surface area contributed by atoms with Crippen molar-refractivity contribution in [2.75, 3.05) is 14.2 Å². The number of likely N-dealkylation sites (N-methyl/N-ethyl adjacent to an activating group) is 1. The lowest BCUT2D eigenvalue weighted by Crippen LogP contribution is -2.44. The van der Waals surface area contributed by atoms with Crippen molar-refractivity contribution in [2.24, 2.45) is 0 Å². The molecular weight excluding hydrogens is 243 g/mol. The van der Waals surface area contributed by atoms with E-state index < -0.39 is 0 Å². The molecule has 1 aliphatic carbocycles. The van der Waals surface area contributed by atoms with Crippen molar-refractivity contribution in [3.05, 3.63) is 29.8 Å². The van der Waals surface area contributed by atoms with Crippen LogP contribution in [-0.2, 0) is 4.74 Å². The maximum atomic E-state index is 14.0. The molecule has 1 N–H and O–H groups in total. The second-order valence-corrected chi connectivity index (χ2v) is 5.30. The number of pyridine rings is 1. The minimum atomic E-state index is -0.312. The molecule has 4 heteroatoms. The Labute approximate surface area is 114 Å². The predicted molar refractivity (Wildman–Crippen MR) is 73.4 cm³/mol. The van der Waals surface area contributed by atoms with Crippen LogP contribution < -0.4 is 5.32 Å². The van der Waals surface area contributed by atoms with Gasteiger partial charge in [-0.05, 0) is 26.0 Å². The zero-order valence-electron chi connectivity index (χ0n) is 11.8. The van der Waals surface area contributed by atoms with E-state index in [1.54, 1.807) is 19.4 Å². The fourth-order valence-corrected chi connectivity index (χ4v) is 3.26. The van der Waals surface area contributed by atoms with E-state index in [0.29, 0.717) is 5.56 Å². The molecule has 1 atom stereocenters. The summed E-state index contributed by atoms with van der Waals surface area (Å²) in [4.78, 5) is 3.83. The van der Waals surface area contributed by atoms with Crippen LogP contribution in [0.1, 0.15) is 50.1 Å². The molecule has 1 aliphatic rings. The van der Waals surface area contributed by atoms with Crippen LogP contribution in [0.5, 0.6) is 0 Å². The molecule has 1 heterocycles. The molecular formula is C15H23FN2O. The molecule has 0 saturated heterocycles. The molecule has 0 amide bonds. The lowest BCUT2D eigenvalue weighted by Gasteiger charge is -2.39. The minimum Gasteiger partial charge on any atom is -0.376 e. The smallest absolute Gasteiger partial charge is 0.146 e. The average molecular weight is 266 g/mol. The first-order valence-corrected chi connectivity index (χ1v) is 7.05. The van der Waals surface area contributed by atoms with Crippen LogP contribution in [0.2, 0.25) is 0 Å². The number of rotatable bonds is 4. The number of hydrogen-bond donors (Lipinski definition) is 1. The summed E-state index contributed by atoms with van der Waals surface area (Å²) in [7, 11) is 3.62. The Kier molecular flexibility index (Phi) is 4.88. The third-order valence-corrected chi connectivity index (χ3v) is 4.29. The quantitative estimate of drug-likeness (QED) is 0.850. The van der Waals surface area contributed by atoms with Gasteiger partial charge >= 0.3 is 0 Å². The molecule has 1 fully saturated rings. The first-order valence-electron chi connectivity index (χ1n) is 7.05. The average Bonchev–Trinajstić information content (AvgIpc) is 2.68. The Morgan fingerprint density at radius 1 is 1.32 bits per heavy atom. The van der Waals surface area contributed by atoms with Gasteiger partial charge in [0.15, 0.2) is 0 Å². The second kappa shape index (κ2) is 6.44. The Morgan fingerprint density at radius 3 is 2.53 bits per heavy atom. The highest BCUT2D eigenvalue weighted by Gasteiger charge is 2.40. The number of halogens is 1. The standard InChI is InChI=1S/C15H23FN2O/c1-17-14(12-7-10-18-11-13(12)16)15(19-2)8-5-3-4-6-9-15/h7,10-11,14,17H,3-6,8-9H2,1-2H3. The van der Waals surface area contributed by atoms with Crippen molar-refractivity contribution < 1.29 is 9.13 Å². The number of hydrogen-bond acceptors (Lipinski definition) is 3. The fraction of sp³-hybridized carbons (Fsp3) is 0.667. The number of ether oxygens (including phenoxy) is 1. The van der Waals surface area contributed by atoms with Gasteiger partial charge in [-0.15, -0.1) is 0 Å². The van der Waals surface area contributed by atoms with Crippen LogP contribution in [-0.4, -0.2) is 24.7 Å². The van der Waals surface area contributed by atoms with Crippen molar-refractivity contribution in [2.45, 2.75) is 50.2 Å². The van der Waals surface area contributed by atoms with E-state index in [1.807, 2.05) is 7.05 Å². The van der Waals surface area contributed by atoms with E-state index in [-0.39, 0.29) is 17.5 Å². The fourth-order valence-electron chi connectivity index (χ4n) is 3.26. The van der Waals surface area contributed by atoms with Gasteiger partial charge in [-0.25, -0.2) is 4.39 Å². The summed E-state index contributed by atoms with van der Waals surface area (Å²) in [5, 5.41) is 3.26. The number of aromatic nitrogens is 1. The van der Waals surface area contributed by atoms with Crippen molar-refractivity contribution >= 4 is 0 Å². The molecule has 0 spiro atoms. The summed E-state index contributed by atoms with van der Waals surface area (Å²) in [5.41, 5.74) is 0.342. The second-order valence-electron chi connectivity index (χ2n) is 5.30. The molecule has 0 radical (unpaired) electrons. The summed E-state index contributed by atoms with van der Waals surface area (Å²) in [5.74, 6) is -0.262. The van der Waals surface area contributed by atoms with Gasteiger partial charge in [0.05, 0.1) is 17.8 Å². The van der Waals surface area contributed by atoms with E-state index in [4.69, 9.17) is 4.74 Å². The van der Waals surface area contributed by atoms with Gasteiger partial charge in [-0.2, -0.15) is 0 Å². The number of nitrogens with zero attached hydrogens (tertiary/aromatic N) is 1. The predicted octanol–water partition coefficient (Wildman–Crippen LogP) is 3.22. The Hall–Kier alpha value is -1.00. The van der Waals surface area contributed by atoms with Crippen LogP contribution in [0.25, 0.3) is 0 Å². The van der Waals surface area contributed by atoms with E-state index in [9.17, 15) is 4.39 Å². The number of nitrogens with one attached hydrogen (secondary N) is 1. The summed E-state index contributed by atoms with van der Waals surface area (Å²) >= 11 is 0. The third kappa shape index (κ3) is 2.95. The summed E-state index contributed by atoms with van der Waals surface area (Å²) in [6.45, 7) is 0. The van der Waals surface area contributed by atoms with Crippen LogP contribution in [0.15, 0.2) is 18.5 Å². The Balaban J connectivity index is 2.35. The van der Waals surface area contributed by atoms with Gasteiger partial charge in [-0.3, -0.25) is 4.98 Å². The molecule has 1 unspecified atom stereocenters. The van der Waals surface area contributed by atoms with Crippen LogP contribution >= 0.6 is 0 Å². The molecule has 0 bridgehead atoms. The minimum absolute atomic E-state index is 0.126. The van der Waals surface area contributed by atoms with E-state index >= 15 is 0 Å². The van der Waals surface area contributed by atoms with Crippen molar-refractivity contribution in [1.82, 2.24) is 10.3 Å². The molecule has 1 aromatic rings. The van der Waals surface area contributed by atoms with Crippen molar-refractivity contribution in [3.63, 3.8) is 0 Å². The summed E-state index contributed by atoms with van der Waals surface area (Å²) < 4.78 is 19.9. The first-order chi connectivity index (χ1) is 9.23. The monoisotopic (exact) mass is 266 g/mol. The molecule has 106 valence electrons. The largest absolute Gasteiger partial charge is 0.376 e. The maximum Gasteiger partial charge on any atom is 0.146 e. The lowest BCUT2D eigenvalue weighted by atomic mass is 9.82. The van der Waals surface area contributed by atoms with Crippen LogP contribution in [0, 0.1) is 5.82 Å². The third-order valence-electron chi connectivity index (χ3n) is 4.29. The van der Waals surface area contributed by atoms with Crippen molar-refractivity contribution in [1.29, 1.82) is 0 Å². The van der Waals surface area contributed by atoms with E-state index in [0.717, 1.165) is 25.7 Å². The first kappa shape index (κ1) is 14.4. The molecule has 1 aromatic heterocycles.